The standard InChI is InChI=1S/C29H27FN4OS/c1-20-7-6-8-21(2)27(20)32-28(35)33(17-22-9-4-3-5-10-22)16-15-25-19-36-29-31-26(18-34(25)29)23-11-13-24(30)14-12-23/h3-14,18-19H,15-17H2,1-2H3,(H,32,35). The number of anilines is 1. The Hall–Kier alpha value is -3.97. The summed E-state index contributed by atoms with van der Waals surface area (Å²) in [5.74, 6) is -0.266. The van der Waals surface area contributed by atoms with E-state index in [-0.39, 0.29) is 11.8 Å². The summed E-state index contributed by atoms with van der Waals surface area (Å²) in [6, 6.07) is 22.3. The topological polar surface area (TPSA) is 49.6 Å². The van der Waals surface area contributed by atoms with Crippen molar-refractivity contribution in [2.24, 2.45) is 0 Å². The number of thiazole rings is 1. The Balaban J connectivity index is 1.37. The van der Waals surface area contributed by atoms with Crippen molar-refractivity contribution in [1.82, 2.24) is 14.3 Å². The van der Waals surface area contributed by atoms with Gasteiger partial charge in [0, 0.05) is 48.0 Å². The lowest BCUT2D eigenvalue weighted by Crippen LogP contribution is -2.36. The summed E-state index contributed by atoms with van der Waals surface area (Å²) in [4.78, 5) is 20.9. The lowest BCUT2D eigenvalue weighted by Gasteiger charge is -2.24. The highest BCUT2D eigenvalue weighted by molar-refractivity contribution is 7.15. The molecule has 0 saturated heterocycles. The summed E-state index contributed by atoms with van der Waals surface area (Å²) in [5.41, 5.74) is 6.76. The molecule has 0 bridgehead atoms. The number of benzene rings is 3. The highest BCUT2D eigenvalue weighted by Gasteiger charge is 2.18. The molecule has 0 aliphatic heterocycles. The van der Waals surface area contributed by atoms with Gasteiger partial charge >= 0.3 is 6.03 Å². The lowest BCUT2D eigenvalue weighted by molar-refractivity contribution is 0.209. The second-order valence-electron chi connectivity index (χ2n) is 8.87. The molecule has 1 N–H and O–H groups in total. The summed E-state index contributed by atoms with van der Waals surface area (Å²) >= 11 is 1.56. The molecule has 0 aliphatic carbocycles. The normalized spacial score (nSPS) is 11.1. The monoisotopic (exact) mass is 498 g/mol. The summed E-state index contributed by atoms with van der Waals surface area (Å²) in [5, 5.41) is 5.22. The molecule has 5 rings (SSSR count). The molecule has 0 spiro atoms. The number of para-hydroxylation sites is 1. The SMILES string of the molecule is Cc1cccc(C)c1NC(=O)N(CCc1csc2nc(-c3ccc(F)cc3)cn12)Cc1ccccc1. The zero-order valence-corrected chi connectivity index (χ0v) is 21.1. The molecule has 0 saturated carbocycles. The maximum atomic E-state index is 13.4. The van der Waals surface area contributed by atoms with E-state index in [1.165, 1.54) is 12.1 Å². The first-order valence-electron chi connectivity index (χ1n) is 11.9. The molecule has 0 unspecified atom stereocenters. The van der Waals surface area contributed by atoms with Gasteiger partial charge in [0.2, 0.25) is 0 Å². The molecule has 3 aromatic carbocycles. The number of rotatable bonds is 7. The number of carbonyl (C=O) groups is 1. The predicted octanol–water partition coefficient (Wildman–Crippen LogP) is 7.10. The van der Waals surface area contributed by atoms with Crippen molar-refractivity contribution < 1.29 is 9.18 Å². The molecule has 36 heavy (non-hydrogen) atoms. The molecule has 0 fully saturated rings. The van der Waals surface area contributed by atoms with Crippen LogP contribution in [-0.2, 0) is 13.0 Å². The fourth-order valence-electron chi connectivity index (χ4n) is 4.27. The van der Waals surface area contributed by atoms with Crippen LogP contribution in [0.15, 0.2) is 84.4 Å². The summed E-state index contributed by atoms with van der Waals surface area (Å²) in [6.07, 6.45) is 2.65. The summed E-state index contributed by atoms with van der Waals surface area (Å²) < 4.78 is 15.4. The smallest absolute Gasteiger partial charge is 0.320 e. The van der Waals surface area contributed by atoms with Gasteiger partial charge < -0.3 is 10.2 Å². The minimum atomic E-state index is -0.266. The highest BCUT2D eigenvalue weighted by Crippen LogP contribution is 2.25. The van der Waals surface area contributed by atoms with E-state index in [4.69, 9.17) is 4.98 Å². The van der Waals surface area contributed by atoms with Gasteiger partial charge in [-0.2, -0.15) is 0 Å². The van der Waals surface area contributed by atoms with Crippen molar-refractivity contribution in [3.05, 3.63) is 113 Å². The van der Waals surface area contributed by atoms with Crippen molar-refractivity contribution in [2.75, 3.05) is 11.9 Å². The number of nitrogens with one attached hydrogen (secondary N) is 1. The van der Waals surface area contributed by atoms with E-state index in [1.54, 1.807) is 23.5 Å². The molecular formula is C29H27FN4OS. The Bertz CT molecular complexity index is 1470. The van der Waals surface area contributed by atoms with Crippen molar-refractivity contribution in [1.29, 1.82) is 0 Å². The zero-order valence-electron chi connectivity index (χ0n) is 20.2. The van der Waals surface area contributed by atoms with E-state index < -0.39 is 0 Å². The molecule has 5 nitrogen and oxygen atoms in total. The molecule has 5 aromatic rings. The molecule has 2 aromatic heterocycles. The van der Waals surface area contributed by atoms with E-state index in [1.807, 2.05) is 73.5 Å². The number of amides is 2. The lowest BCUT2D eigenvalue weighted by atomic mass is 10.1. The Kier molecular flexibility index (Phi) is 6.82. The van der Waals surface area contributed by atoms with Crippen molar-refractivity contribution in [3.63, 3.8) is 0 Å². The van der Waals surface area contributed by atoms with Crippen LogP contribution in [0.3, 0.4) is 0 Å². The van der Waals surface area contributed by atoms with Crippen LogP contribution >= 0.6 is 11.3 Å². The zero-order chi connectivity index (χ0) is 25.1. The van der Waals surface area contributed by atoms with Gasteiger partial charge in [-0.1, -0.05) is 48.5 Å². The third-order valence-corrected chi connectivity index (χ3v) is 7.17. The second-order valence-corrected chi connectivity index (χ2v) is 9.70. The first-order chi connectivity index (χ1) is 17.5. The molecule has 0 atom stereocenters. The number of aromatic nitrogens is 2. The minimum absolute atomic E-state index is 0.125. The quantitative estimate of drug-likeness (QED) is 0.260. The van der Waals surface area contributed by atoms with Crippen LogP contribution in [0.4, 0.5) is 14.9 Å². The van der Waals surface area contributed by atoms with E-state index >= 15 is 0 Å². The molecule has 2 amide bonds. The molecule has 0 aliphatic rings. The van der Waals surface area contributed by atoms with Crippen molar-refractivity contribution in [3.8, 4) is 11.3 Å². The van der Waals surface area contributed by atoms with Crippen LogP contribution in [0.25, 0.3) is 16.2 Å². The van der Waals surface area contributed by atoms with Gasteiger partial charge in [-0.05, 0) is 54.8 Å². The predicted molar refractivity (Wildman–Crippen MR) is 144 cm³/mol. The Morgan fingerprint density at radius 1 is 1.00 bits per heavy atom. The maximum absolute atomic E-state index is 13.4. The third-order valence-electron chi connectivity index (χ3n) is 6.28. The van der Waals surface area contributed by atoms with E-state index in [0.717, 1.165) is 44.3 Å². The molecule has 7 heteroatoms. The molecule has 0 radical (unpaired) electrons. The number of carbonyl (C=O) groups excluding carboxylic acids is 1. The molecule has 182 valence electrons. The highest BCUT2D eigenvalue weighted by atomic mass is 32.1. The fourth-order valence-corrected chi connectivity index (χ4v) is 5.18. The van der Waals surface area contributed by atoms with Crippen molar-refractivity contribution in [2.45, 2.75) is 26.8 Å². The maximum Gasteiger partial charge on any atom is 0.322 e. The number of hydrogen-bond acceptors (Lipinski definition) is 3. The van der Waals surface area contributed by atoms with Crippen LogP contribution in [-0.4, -0.2) is 26.9 Å². The van der Waals surface area contributed by atoms with Gasteiger partial charge in [-0.3, -0.25) is 4.40 Å². The van der Waals surface area contributed by atoms with Gasteiger partial charge in [-0.25, -0.2) is 14.2 Å². The second kappa shape index (κ2) is 10.3. The van der Waals surface area contributed by atoms with E-state index in [2.05, 4.69) is 15.1 Å². The van der Waals surface area contributed by atoms with Gasteiger partial charge in [-0.15, -0.1) is 11.3 Å². The van der Waals surface area contributed by atoms with E-state index in [0.29, 0.717) is 19.5 Å². The van der Waals surface area contributed by atoms with Gasteiger partial charge in [0.15, 0.2) is 4.96 Å². The number of hydrogen-bond donors (Lipinski definition) is 1. The van der Waals surface area contributed by atoms with Crippen LogP contribution in [0.1, 0.15) is 22.4 Å². The molecular weight excluding hydrogens is 471 g/mol. The van der Waals surface area contributed by atoms with Gasteiger partial charge in [0.05, 0.1) is 5.69 Å². The average molecular weight is 499 g/mol. The Morgan fingerprint density at radius 3 is 2.44 bits per heavy atom. The van der Waals surface area contributed by atoms with Crippen LogP contribution in [0.5, 0.6) is 0 Å². The van der Waals surface area contributed by atoms with Crippen LogP contribution < -0.4 is 5.32 Å². The van der Waals surface area contributed by atoms with Crippen LogP contribution in [0.2, 0.25) is 0 Å². The number of nitrogens with zero attached hydrogens (tertiary/aromatic N) is 3. The number of aryl methyl sites for hydroxylation is 2. The summed E-state index contributed by atoms with van der Waals surface area (Å²) in [6.45, 7) is 5.06. The molecule has 2 heterocycles. The number of imidazole rings is 1. The van der Waals surface area contributed by atoms with Crippen LogP contribution in [0, 0.1) is 19.7 Å². The number of urea groups is 1. The third kappa shape index (κ3) is 5.16. The average Bonchev–Trinajstić information content (AvgIpc) is 3.46. The first-order valence-corrected chi connectivity index (χ1v) is 12.7. The van der Waals surface area contributed by atoms with Gasteiger partial charge in [0.25, 0.3) is 0 Å². The Labute approximate surface area is 213 Å². The van der Waals surface area contributed by atoms with E-state index in [9.17, 15) is 9.18 Å². The number of halogens is 1. The first kappa shape index (κ1) is 23.8. The summed E-state index contributed by atoms with van der Waals surface area (Å²) in [7, 11) is 0. The van der Waals surface area contributed by atoms with Gasteiger partial charge in [0.1, 0.15) is 5.82 Å². The largest absolute Gasteiger partial charge is 0.322 e. The fraction of sp³-hybridized carbons (Fsp3) is 0.172. The Morgan fingerprint density at radius 2 is 1.72 bits per heavy atom. The van der Waals surface area contributed by atoms with Crippen molar-refractivity contribution >= 4 is 28.0 Å². The number of fused-ring (bicyclic) bond motifs is 1. The minimum Gasteiger partial charge on any atom is -0.320 e.